The molecule has 0 aromatic carbocycles. The largest absolute Gasteiger partial charge is 0.351 e. The number of rotatable bonds is 4. The average Bonchev–Trinajstić information content (AvgIpc) is 2.45. The Kier molecular flexibility index (Phi) is 4.65. The molecule has 1 aromatic heterocycles. The highest BCUT2D eigenvalue weighted by molar-refractivity contribution is 5.83. The summed E-state index contributed by atoms with van der Waals surface area (Å²) in [6, 6.07) is 2.94. The van der Waals surface area contributed by atoms with Crippen molar-refractivity contribution in [1.29, 1.82) is 0 Å². The number of anilines is 1. The van der Waals surface area contributed by atoms with Crippen LogP contribution in [0.15, 0.2) is 18.3 Å². The van der Waals surface area contributed by atoms with Crippen LogP contribution in [0.5, 0.6) is 0 Å². The molecular formula is C14H18FN3O2. The summed E-state index contributed by atoms with van der Waals surface area (Å²) in [5.74, 6) is 0.000997. The van der Waals surface area contributed by atoms with Crippen molar-refractivity contribution in [3.8, 4) is 0 Å². The first kappa shape index (κ1) is 14.4. The molecule has 0 unspecified atom stereocenters. The van der Waals surface area contributed by atoms with Gasteiger partial charge in [-0.1, -0.05) is 0 Å². The molecule has 0 atom stereocenters. The third-order valence-electron chi connectivity index (χ3n) is 3.36. The highest BCUT2D eigenvalue weighted by Crippen LogP contribution is 2.17. The van der Waals surface area contributed by atoms with Gasteiger partial charge in [-0.3, -0.25) is 4.79 Å². The zero-order chi connectivity index (χ0) is 14.5. The van der Waals surface area contributed by atoms with Gasteiger partial charge in [0, 0.05) is 45.2 Å². The van der Waals surface area contributed by atoms with Crippen molar-refractivity contribution in [3.63, 3.8) is 0 Å². The molecule has 1 aliphatic rings. The number of hydrogen-bond acceptors (Lipinski definition) is 4. The van der Waals surface area contributed by atoms with Crippen molar-refractivity contribution in [2.75, 3.05) is 31.1 Å². The quantitative estimate of drug-likeness (QED) is 0.832. The summed E-state index contributed by atoms with van der Waals surface area (Å²) in [5.41, 5.74) is 0. The minimum atomic E-state index is -0.344. The van der Waals surface area contributed by atoms with E-state index in [2.05, 4.69) is 4.98 Å². The van der Waals surface area contributed by atoms with Crippen molar-refractivity contribution in [1.82, 2.24) is 9.88 Å². The second-order valence-electron chi connectivity index (χ2n) is 4.88. The maximum absolute atomic E-state index is 13.6. The molecular weight excluding hydrogens is 261 g/mol. The van der Waals surface area contributed by atoms with Crippen LogP contribution < -0.4 is 4.90 Å². The monoisotopic (exact) mass is 279 g/mol. The van der Waals surface area contributed by atoms with Crippen molar-refractivity contribution >= 4 is 17.5 Å². The van der Waals surface area contributed by atoms with Gasteiger partial charge in [0.2, 0.25) is 5.91 Å². The SMILES string of the molecule is CC(=O)CCC(=O)N1CCN(c2ncccc2F)CC1. The van der Waals surface area contributed by atoms with Gasteiger partial charge in [0.05, 0.1) is 0 Å². The molecule has 0 N–H and O–H groups in total. The molecule has 1 aliphatic heterocycles. The van der Waals surface area contributed by atoms with Crippen molar-refractivity contribution in [2.24, 2.45) is 0 Å². The van der Waals surface area contributed by atoms with Gasteiger partial charge < -0.3 is 14.6 Å². The molecule has 20 heavy (non-hydrogen) atoms. The Morgan fingerprint density at radius 3 is 2.55 bits per heavy atom. The molecule has 0 saturated carbocycles. The number of carbonyl (C=O) groups is 2. The van der Waals surface area contributed by atoms with E-state index >= 15 is 0 Å². The normalized spacial score (nSPS) is 15.3. The van der Waals surface area contributed by atoms with Crippen LogP contribution in [0.4, 0.5) is 10.2 Å². The Morgan fingerprint density at radius 1 is 1.25 bits per heavy atom. The Labute approximate surface area is 117 Å². The number of aromatic nitrogens is 1. The number of amides is 1. The Hall–Kier alpha value is -1.98. The van der Waals surface area contributed by atoms with E-state index < -0.39 is 0 Å². The van der Waals surface area contributed by atoms with Crippen LogP contribution in [-0.4, -0.2) is 47.8 Å². The molecule has 0 spiro atoms. The predicted molar refractivity (Wildman–Crippen MR) is 72.9 cm³/mol. The van der Waals surface area contributed by atoms with Crippen LogP contribution in [0.25, 0.3) is 0 Å². The van der Waals surface area contributed by atoms with E-state index in [9.17, 15) is 14.0 Å². The molecule has 2 rings (SSSR count). The minimum absolute atomic E-state index is 0.0126. The maximum Gasteiger partial charge on any atom is 0.223 e. The highest BCUT2D eigenvalue weighted by Gasteiger charge is 2.23. The van der Waals surface area contributed by atoms with E-state index in [0.717, 1.165) is 0 Å². The third-order valence-corrected chi connectivity index (χ3v) is 3.36. The molecule has 1 fully saturated rings. The van der Waals surface area contributed by atoms with E-state index in [0.29, 0.717) is 32.0 Å². The van der Waals surface area contributed by atoms with Crippen LogP contribution in [0, 0.1) is 5.82 Å². The van der Waals surface area contributed by atoms with Crippen molar-refractivity contribution in [2.45, 2.75) is 19.8 Å². The smallest absolute Gasteiger partial charge is 0.223 e. The molecule has 6 heteroatoms. The minimum Gasteiger partial charge on any atom is -0.351 e. The Morgan fingerprint density at radius 2 is 1.95 bits per heavy atom. The second-order valence-corrected chi connectivity index (χ2v) is 4.88. The summed E-state index contributed by atoms with van der Waals surface area (Å²) in [6.45, 7) is 3.66. The fourth-order valence-corrected chi connectivity index (χ4v) is 2.22. The lowest BCUT2D eigenvalue weighted by Gasteiger charge is -2.35. The standard InChI is InChI=1S/C14H18FN3O2/c1-11(19)4-5-13(20)17-7-9-18(10-8-17)14-12(15)3-2-6-16-14/h2-3,6H,4-5,7-10H2,1H3. The van der Waals surface area contributed by atoms with Gasteiger partial charge in [-0.05, 0) is 19.1 Å². The Balaban J connectivity index is 1.88. The van der Waals surface area contributed by atoms with Crippen LogP contribution in [-0.2, 0) is 9.59 Å². The number of carbonyl (C=O) groups excluding carboxylic acids is 2. The number of nitrogens with zero attached hydrogens (tertiary/aromatic N) is 3. The van der Waals surface area contributed by atoms with Crippen LogP contribution in [0.3, 0.4) is 0 Å². The van der Waals surface area contributed by atoms with Gasteiger partial charge in [0.15, 0.2) is 11.6 Å². The van der Waals surface area contributed by atoms with Crippen molar-refractivity contribution < 1.29 is 14.0 Å². The molecule has 1 amide bonds. The first-order valence-electron chi connectivity index (χ1n) is 6.70. The average molecular weight is 279 g/mol. The summed E-state index contributed by atoms with van der Waals surface area (Å²) in [4.78, 5) is 30.3. The van der Waals surface area contributed by atoms with Gasteiger partial charge >= 0.3 is 0 Å². The summed E-state index contributed by atoms with van der Waals surface area (Å²) in [5, 5.41) is 0. The molecule has 0 radical (unpaired) electrons. The van der Waals surface area contributed by atoms with Crippen LogP contribution >= 0.6 is 0 Å². The summed E-state index contributed by atoms with van der Waals surface area (Å²) >= 11 is 0. The first-order chi connectivity index (χ1) is 9.58. The second kappa shape index (κ2) is 6.45. The lowest BCUT2D eigenvalue weighted by atomic mass is 10.2. The lowest BCUT2D eigenvalue weighted by molar-refractivity contribution is -0.133. The van der Waals surface area contributed by atoms with Gasteiger partial charge in [0.1, 0.15) is 5.78 Å². The van der Waals surface area contributed by atoms with Gasteiger partial charge in [-0.15, -0.1) is 0 Å². The van der Waals surface area contributed by atoms with Gasteiger partial charge in [-0.2, -0.15) is 0 Å². The number of Topliss-reactive ketones (excluding diaryl/α,β-unsaturated/α-hetero) is 1. The number of ketones is 1. The van der Waals surface area contributed by atoms with Crippen LogP contribution in [0.2, 0.25) is 0 Å². The van der Waals surface area contributed by atoms with E-state index in [4.69, 9.17) is 0 Å². The fraction of sp³-hybridized carbons (Fsp3) is 0.500. The summed E-state index contributed by atoms with van der Waals surface area (Å²) in [6.07, 6.45) is 2.10. The number of pyridine rings is 1. The topological polar surface area (TPSA) is 53.5 Å². The Bertz CT molecular complexity index is 499. The van der Waals surface area contributed by atoms with Gasteiger partial charge in [0.25, 0.3) is 0 Å². The lowest BCUT2D eigenvalue weighted by Crippen LogP contribution is -2.49. The number of piperazine rings is 1. The molecule has 0 aliphatic carbocycles. The summed E-state index contributed by atoms with van der Waals surface area (Å²) in [7, 11) is 0. The number of halogens is 1. The fourth-order valence-electron chi connectivity index (χ4n) is 2.22. The molecule has 108 valence electrons. The molecule has 2 heterocycles. The third kappa shape index (κ3) is 3.53. The first-order valence-corrected chi connectivity index (χ1v) is 6.70. The van der Waals surface area contributed by atoms with E-state index in [1.165, 1.54) is 13.0 Å². The zero-order valence-corrected chi connectivity index (χ0v) is 11.5. The van der Waals surface area contributed by atoms with E-state index in [-0.39, 0.29) is 30.3 Å². The molecule has 0 bridgehead atoms. The van der Waals surface area contributed by atoms with E-state index in [1.54, 1.807) is 17.2 Å². The van der Waals surface area contributed by atoms with Crippen molar-refractivity contribution in [3.05, 3.63) is 24.1 Å². The maximum atomic E-state index is 13.6. The molecule has 1 saturated heterocycles. The predicted octanol–water partition coefficient (Wildman–Crippen LogP) is 1.24. The highest BCUT2D eigenvalue weighted by atomic mass is 19.1. The zero-order valence-electron chi connectivity index (χ0n) is 11.5. The van der Waals surface area contributed by atoms with Crippen LogP contribution in [0.1, 0.15) is 19.8 Å². The van der Waals surface area contributed by atoms with Gasteiger partial charge in [-0.25, -0.2) is 9.37 Å². The number of hydrogen-bond donors (Lipinski definition) is 0. The molecule has 5 nitrogen and oxygen atoms in total. The summed E-state index contributed by atoms with van der Waals surface area (Å²) < 4.78 is 13.6. The molecule has 1 aromatic rings. The van der Waals surface area contributed by atoms with E-state index in [1.807, 2.05) is 4.90 Å².